The maximum absolute atomic E-state index is 11.3. The van der Waals surface area contributed by atoms with Crippen LogP contribution in [-0.2, 0) is 0 Å². The van der Waals surface area contributed by atoms with Crippen molar-refractivity contribution in [1.82, 2.24) is 9.97 Å². The minimum absolute atomic E-state index is 0.164. The van der Waals surface area contributed by atoms with Gasteiger partial charge in [0.05, 0.1) is 24.6 Å². The average molecular weight is 424 g/mol. The third-order valence-corrected chi connectivity index (χ3v) is 6.07. The number of hydrogen-bond donors (Lipinski definition) is 2. The van der Waals surface area contributed by atoms with E-state index in [1.807, 2.05) is 13.2 Å². The van der Waals surface area contributed by atoms with E-state index in [-0.39, 0.29) is 5.56 Å². The lowest BCUT2D eigenvalue weighted by molar-refractivity contribution is 0.0696. The Balaban J connectivity index is 1.70. The number of methoxy groups -OCH3 is 1. The molecule has 2 heterocycles. The largest absolute Gasteiger partial charge is 0.495 e. The molecule has 2 N–H and O–H groups in total. The first-order chi connectivity index (χ1) is 15.0. The van der Waals surface area contributed by atoms with E-state index in [1.54, 1.807) is 6.07 Å². The summed E-state index contributed by atoms with van der Waals surface area (Å²) in [6.07, 6.45) is 9.89. The number of nitrogens with zero attached hydrogens (tertiary/aromatic N) is 4. The van der Waals surface area contributed by atoms with E-state index < -0.39 is 5.97 Å². The van der Waals surface area contributed by atoms with Gasteiger partial charge < -0.3 is 25.0 Å². The van der Waals surface area contributed by atoms with Crippen molar-refractivity contribution in [3.05, 3.63) is 41.7 Å². The molecule has 0 saturated heterocycles. The number of aromatic nitrogens is 2. The summed E-state index contributed by atoms with van der Waals surface area (Å²) in [5.74, 6) is 0.808. The number of benzene rings is 1. The lowest BCUT2D eigenvalue weighted by Crippen LogP contribution is -2.35. The SMILES string of the molecule is CCC1=CN(C)c2cnc(Nc3ccc(C(=O)O)cc3OC)nc2N(C2CCCC2)C1. The van der Waals surface area contributed by atoms with Gasteiger partial charge in [-0.25, -0.2) is 9.78 Å². The molecular formula is C23H29N5O3. The fourth-order valence-corrected chi connectivity index (χ4v) is 4.33. The van der Waals surface area contributed by atoms with Crippen LogP contribution >= 0.6 is 0 Å². The maximum Gasteiger partial charge on any atom is 0.335 e. The summed E-state index contributed by atoms with van der Waals surface area (Å²) in [4.78, 5) is 25.2. The van der Waals surface area contributed by atoms with Gasteiger partial charge in [0.15, 0.2) is 5.82 Å². The number of aromatic carboxylic acids is 1. The van der Waals surface area contributed by atoms with Gasteiger partial charge in [0.2, 0.25) is 5.95 Å². The molecule has 0 radical (unpaired) electrons. The topological polar surface area (TPSA) is 90.8 Å². The molecule has 0 spiro atoms. The second kappa shape index (κ2) is 8.83. The van der Waals surface area contributed by atoms with Crippen molar-refractivity contribution < 1.29 is 14.6 Å². The van der Waals surface area contributed by atoms with Crippen LogP contribution in [0.1, 0.15) is 49.4 Å². The highest BCUT2D eigenvalue weighted by molar-refractivity contribution is 5.89. The zero-order valence-corrected chi connectivity index (χ0v) is 18.3. The van der Waals surface area contributed by atoms with Gasteiger partial charge in [-0.3, -0.25) is 0 Å². The highest BCUT2D eigenvalue weighted by atomic mass is 16.5. The highest BCUT2D eigenvalue weighted by Gasteiger charge is 2.29. The predicted octanol–water partition coefficient (Wildman–Crippen LogP) is 4.42. The van der Waals surface area contributed by atoms with Crippen molar-refractivity contribution in [2.45, 2.75) is 45.1 Å². The van der Waals surface area contributed by atoms with Gasteiger partial charge in [-0.15, -0.1) is 0 Å². The monoisotopic (exact) mass is 423 g/mol. The van der Waals surface area contributed by atoms with Crippen LogP contribution in [-0.4, -0.2) is 47.8 Å². The van der Waals surface area contributed by atoms with Crippen LogP contribution in [0.2, 0.25) is 0 Å². The summed E-state index contributed by atoms with van der Waals surface area (Å²) in [6.45, 7) is 3.06. The van der Waals surface area contributed by atoms with Gasteiger partial charge in [-0.05, 0) is 43.0 Å². The van der Waals surface area contributed by atoms with Crippen LogP contribution in [0.25, 0.3) is 0 Å². The molecule has 4 rings (SSSR count). The summed E-state index contributed by atoms with van der Waals surface area (Å²) in [7, 11) is 3.55. The molecule has 1 aliphatic carbocycles. The second-order valence-corrected chi connectivity index (χ2v) is 8.07. The zero-order valence-electron chi connectivity index (χ0n) is 18.3. The number of rotatable bonds is 6. The Hall–Kier alpha value is -3.29. The lowest BCUT2D eigenvalue weighted by atomic mass is 10.1. The fraction of sp³-hybridized carbons (Fsp3) is 0.435. The first-order valence-electron chi connectivity index (χ1n) is 10.7. The van der Waals surface area contributed by atoms with Crippen molar-refractivity contribution >= 4 is 29.1 Å². The lowest BCUT2D eigenvalue weighted by Gasteiger charge is -2.31. The van der Waals surface area contributed by atoms with E-state index in [4.69, 9.17) is 9.72 Å². The van der Waals surface area contributed by atoms with Crippen molar-refractivity contribution in [2.24, 2.45) is 0 Å². The van der Waals surface area contributed by atoms with Crippen molar-refractivity contribution in [2.75, 3.05) is 35.8 Å². The Morgan fingerprint density at radius 1 is 1.32 bits per heavy atom. The minimum atomic E-state index is -0.999. The molecule has 0 amide bonds. The van der Waals surface area contributed by atoms with E-state index >= 15 is 0 Å². The molecule has 8 heteroatoms. The zero-order chi connectivity index (χ0) is 22.0. The quantitative estimate of drug-likeness (QED) is 0.706. The number of anilines is 4. The fourth-order valence-electron chi connectivity index (χ4n) is 4.33. The average Bonchev–Trinajstić information content (AvgIpc) is 3.26. The number of ether oxygens (including phenoxy) is 1. The standard InChI is InChI=1S/C23H29N5O3/c1-4-15-13-27(2)19-12-24-23(26-21(19)28(14-15)17-7-5-6-8-17)25-18-10-9-16(22(29)30)11-20(18)31-3/h9-13,17H,4-8,14H2,1-3H3,(H,29,30)(H,24,25,26). The van der Waals surface area contributed by atoms with Gasteiger partial charge in [0.1, 0.15) is 11.4 Å². The van der Waals surface area contributed by atoms with E-state index in [2.05, 4.69) is 33.2 Å². The first-order valence-corrected chi connectivity index (χ1v) is 10.7. The van der Waals surface area contributed by atoms with Crippen molar-refractivity contribution in [3.8, 4) is 5.75 Å². The van der Waals surface area contributed by atoms with Gasteiger partial charge in [0, 0.05) is 25.8 Å². The first kappa shape index (κ1) is 21.0. The molecule has 2 aromatic rings. The Morgan fingerprint density at radius 3 is 2.77 bits per heavy atom. The molecule has 0 bridgehead atoms. The molecule has 1 aliphatic heterocycles. The molecule has 8 nitrogen and oxygen atoms in total. The minimum Gasteiger partial charge on any atom is -0.495 e. The molecule has 1 fully saturated rings. The third kappa shape index (κ3) is 4.28. The summed E-state index contributed by atoms with van der Waals surface area (Å²) in [5.41, 5.74) is 3.13. The van der Waals surface area contributed by atoms with Crippen LogP contribution in [0.3, 0.4) is 0 Å². The van der Waals surface area contributed by atoms with Gasteiger partial charge in [-0.1, -0.05) is 19.8 Å². The molecule has 1 saturated carbocycles. The van der Waals surface area contributed by atoms with Crippen LogP contribution in [0, 0.1) is 0 Å². The third-order valence-electron chi connectivity index (χ3n) is 6.07. The maximum atomic E-state index is 11.3. The normalized spacial score (nSPS) is 16.5. The summed E-state index contributed by atoms with van der Waals surface area (Å²) >= 11 is 0. The number of carboxylic acid groups (broad SMARTS) is 1. The van der Waals surface area contributed by atoms with Crippen LogP contribution < -0.4 is 19.9 Å². The Labute approximate surface area is 182 Å². The summed E-state index contributed by atoms with van der Waals surface area (Å²) < 4.78 is 5.38. The molecule has 164 valence electrons. The van der Waals surface area contributed by atoms with E-state index in [1.165, 1.54) is 50.5 Å². The number of nitrogens with one attached hydrogen (secondary N) is 1. The second-order valence-electron chi connectivity index (χ2n) is 8.07. The highest BCUT2D eigenvalue weighted by Crippen LogP contribution is 2.37. The van der Waals surface area contributed by atoms with Crippen LogP contribution in [0.5, 0.6) is 5.75 Å². The molecule has 0 atom stereocenters. The Kier molecular flexibility index (Phi) is 5.97. The van der Waals surface area contributed by atoms with Gasteiger partial charge >= 0.3 is 5.97 Å². The molecule has 31 heavy (non-hydrogen) atoms. The summed E-state index contributed by atoms with van der Waals surface area (Å²) in [5, 5.41) is 12.4. The number of carbonyl (C=O) groups is 1. The molecule has 2 aliphatic rings. The van der Waals surface area contributed by atoms with Gasteiger partial charge in [-0.2, -0.15) is 4.98 Å². The Morgan fingerprint density at radius 2 is 2.10 bits per heavy atom. The van der Waals surface area contributed by atoms with Gasteiger partial charge in [0.25, 0.3) is 0 Å². The van der Waals surface area contributed by atoms with Crippen molar-refractivity contribution in [1.29, 1.82) is 0 Å². The van der Waals surface area contributed by atoms with Crippen LogP contribution in [0.15, 0.2) is 36.2 Å². The predicted molar refractivity (Wildman–Crippen MR) is 122 cm³/mol. The summed E-state index contributed by atoms with van der Waals surface area (Å²) in [6, 6.07) is 5.18. The van der Waals surface area contributed by atoms with E-state index in [0.717, 1.165) is 24.5 Å². The smallest absolute Gasteiger partial charge is 0.335 e. The number of hydrogen-bond acceptors (Lipinski definition) is 7. The number of fused-ring (bicyclic) bond motifs is 1. The molecular weight excluding hydrogens is 394 g/mol. The molecule has 1 aromatic carbocycles. The molecule has 0 unspecified atom stereocenters. The van der Waals surface area contributed by atoms with Crippen LogP contribution in [0.4, 0.5) is 23.1 Å². The number of carboxylic acids is 1. The van der Waals surface area contributed by atoms with Crippen molar-refractivity contribution in [3.63, 3.8) is 0 Å². The molecule has 1 aromatic heterocycles. The Bertz CT molecular complexity index is 1000. The van der Waals surface area contributed by atoms with E-state index in [9.17, 15) is 9.90 Å². The van der Waals surface area contributed by atoms with E-state index in [0.29, 0.717) is 23.4 Å².